The summed E-state index contributed by atoms with van der Waals surface area (Å²) in [5.41, 5.74) is 2.76. The van der Waals surface area contributed by atoms with Gasteiger partial charge in [-0.1, -0.05) is 37.8 Å². The van der Waals surface area contributed by atoms with E-state index in [0.717, 1.165) is 40.4 Å². The Morgan fingerprint density at radius 1 is 1.21 bits per heavy atom. The van der Waals surface area contributed by atoms with Crippen LogP contribution >= 0.6 is 0 Å². The molecule has 1 aliphatic rings. The lowest BCUT2D eigenvalue weighted by molar-refractivity contribution is -0.117. The molecule has 1 aliphatic carbocycles. The number of para-hydroxylation sites is 1. The Morgan fingerprint density at radius 3 is 2.74 bits per heavy atom. The van der Waals surface area contributed by atoms with Crippen molar-refractivity contribution in [2.45, 2.75) is 45.3 Å². The van der Waals surface area contributed by atoms with Crippen molar-refractivity contribution in [1.82, 2.24) is 9.55 Å². The summed E-state index contributed by atoms with van der Waals surface area (Å²) < 4.78 is 13.6. The van der Waals surface area contributed by atoms with Crippen LogP contribution in [0.1, 0.15) is 12.8 Å². The van der Waals surface area contributed by atoms with E-state index in [1.54, 1.807) is 7.11 Å². The topological polar surface area (TPSA) is 85.6 Å². The summed E-state index contributed by atoms with van der Waals surface area (Å²) in [6.45, 7) is 8.23. The van der Waals surface area contributed by atoms with E-state index in [0.29, 0.717) is 25.6 Å². The lowest BCUT2D eigenvalue weighted by Gasteiger charge is -2.15. The Bertz CT molecular complexity index is 1150. The van der Waals surface area contributed by atoms with Gasteiger partial charge in [0.2, 0.25) is 5.91 Å². The first kappa shape index (κ1) is 24.4. The third kappa shape index (κ3) is 5.68. The van der Waals surface area contributed by atoms with Crippen LogP contribution in [0.5, 0.6) is 5.75 Å². The molecular formula is C26H35N3O4Si. The highest BCUT2D eigenvalue weighted by Gasteiger charge is 2.42. The highest BCUT2D eigenvalue weighted by Crippen LogP contribution is 2.42. The fourth-order valence-electron chi connectivity index (χ4n) is 4.23. The Kier molecular flexibility index (Phi) is 7.40. The Morgan fingerprint density at radius 2 is 2.00 bits per heavy atom. The molecule has 7 nitrogen and oxygen atoms in total. The lowest BCUT2D eigenvalue weighted by atomic mass is 10.0. The van der Waals surface area contributed by atoms with E-state index < -0.39 is 8.07 Å². The standard InChI is InChI=1S/C26H35N3O4Si/c1-32-23-8-6-5-7-19(23)22-16-29(17-33-13-14-34(2,3)4)25-20(22)9-10-24(27-25)28-26(31)21-15-18(21)11-12-30/h5-10,16,18,21,30H,11-15,17H2,1-4H3,(H,27,28,31). The first-order valence-electron chi connectivity index (χ1n) is 11.9. The molecule has 3 aromatic rings. The number of amides is 1. The number of pyridine rings is 1. The van der Waals surface area contributed by atoms with E-state index in [9.17, 15) is 4.79 Å². The molecular weight excluding hydrogens is 446 g/mol. The van der Waals surface area contributed by atoms with Crippen LogP contribution in [-0.2, 0) is 16.3 Å². The molecule has 0 radical (unpaired) electrons. The van der Waals surface area contributed by atoms with Gasteiger partial charge in [-0.3, -0.25) is 4.79 Å². The summed E-state index contributed by atoms with van der Waals surface area (Å²) in [4.78, 5) is 17.4. The molecule has 2 N–H and O–H groups in total. The first-order chi connectivity index (χ1) is 16.3. The molecule has 0 bridgehead atoms. The average Bonchev–Trinajstić information content (AvgIpc) is 3.49. The molecule has 1 saturated carbocycles. The minimum atomic E-state index is -1.18. The molecule has 8 heteroatoms. The normalized spacial score (nSPS) is 17.7. The number of ether oxygens (including phenoxy) is 2. The zero-order chi connectivity index (χ0) is 24.3. The largest absolute Gasteiger partial charge is 0.496 e. The van der Waals surface area contributed by atoms with Gasteiger partial charge in [-0.15, -0.1) is 0 Å². The van der Waals surface area contributed by atoms with Crippen molar-refractivity contribution in [3.63, 3.8) is 0 Å². The zero-order valence-electron chi connectivity index (χ0n) is 20.5. The summed E-state index contributed by atoms with van der Waals surface area (Å²) in [5, 5.41) is 13.1. The number of fused-ring (bicyclic) bond motifs is 1. The van der Waals surface area contributed by atoms with Crippen molar-refractivity contribution in [2.75, 3.05) is 25.6 Å². The summed E-state index contributed by atoms with van der Waals surface area (Å²) in [6.07, 6.45) is 3.55. The molecule has 182 valence electrons. The molecule has 2 atom stereocenters. The van der Waals surface area contributed by atoms with E-state index in [-0.39, 0.29) is 24.3 Å². The number of aliphatic hydroxyl groups is 1. The molecule has 0 saturated heterocycles. The lowest BCUT2D eigenvalue weighted by Crippen LogP contribution is -2.22. The quantitative estimate of drug-likeness (QED) is 0.298. The minimum Gasteiger partial charge on any atom is -0.496 e. The van der Waals surface area contributed by atoms with Crippen molar-refractivity contribution in [3.8, 4) is 16.9 Å². The number of hydrogen-bond acceptors (Lipinski definition) is 5. The van der Waals surface area contributed by atoms with Crippen LogP contribution in [0.4, 0.5) is 5.82 Å². The molecule has 1 amide bonds. The van der Waals surface area contributed by atoms with Crippen LogP contribution in [0.15, 0.2) is 42.6 Å². The maximum absolute atomic E-state index is 12.6. The van der Waals surface area contributed by atoms with Crippen LogP contribution in [0.25, 0.3) is 22.2 Å². The van der Waals surface area contributed by atoms with Crippen LogP contribution in [0.3, 0.4) is 0 Å². The fourth-order valence-corrected chi connectivity index (χ4v) is 4.98. The molecule has 2 aromatic heterocycles. The van der Waals surface area contributed by atoms with Crippen molar-refractivity contribution < 1.29 is 19.4 Å². The predicted octanol–water partition coefficient (Wildman–Crippen LogP) is 4.98. The van der Waals surface area contributed by atoms with E-state index in [1.165, 1.54) is 0 Å². The molecule has 2 unspecified atom stereocenters. The number of anilines is 1. The van der Waals surface area contributed by atoms with Crippen molar-refractivity contribution >= 4 is 30.8 Å². The zero-order valence-corrected chi connectivity index (χ0v) is 21.5. The third-order valence-corrected chi connectivity index (χ3v) is 8.06. The average molecular weight is 482 g/mol. The predicted molar refractivity (Wildman–Crippen MR) is 138 cm³/mol. The van der Waals surface area contributed by atoms with Crippen molar-refractivity contribution in [1.29, 1.82) is 0 Å². The van der Waals surface area contributed by atoms with Crippen LogP contribution in [0.2, 0.25) is 25.7 Å². The van der Waals surface area contributed by atoms with Gasteiger partial charge < -0.3 is 24.5 Å². The number of nitrogens with zero attached hydrogens (tertiary/aromatic N) is 2. The van der Waals surface area contributed by atoms with E-state index in [1.807, 2.05) is 47.2 Å². The van der Waals surface area contributed by atoms with Gasteiger partial charge in [0.1, 0.15) is 23.9 Å². The highest BCUT2D eigenvalue weighted by molar-refractivity contribution is 6.76. The van der Waals surface area contributed by atoms with Crippen molar-refractivity contribution in [3.05, 3.63) is 42.6 Å². The van der Waals surface area contributed by atoms with Crippen LogP contribution in [-0.4, -0.2) is 49.0 Å². The van der Waals surface area contributed by atoms with Crippen molar-refractivity contribution in [2.24, 2.45) is 11.8 Å². The first-order valence-corrected chi connectivity index (χ1v) is 15.6. The SMILES string of the molecule is COc1ccccc1-c1cn(COCC[Si](C)(C)C)c2nc(NC(=O)C3CC3CCO)ccc12. The molecule has 2 heterocycles. The van der Waals surface area contributed by atoms with Gasteiger partial charge in [-0.05, 0) is 43.0 Å². The Labute approximate surface area is 202 Å². The summed E-state index contributed by atoms with van der Waals surface area (Å²) in [5.74, 6) is 1.53. The van der Waals surface area contributed by atoms with Crippen LogP contribution < -0.4 is 10.1 Å². The van der Waals surface area contributed by atoms with E-state index >= 15 is 0 Å². The molecule has 0 spiro atoms. The number of rotatable bonds is 11. The molecule has 1 aromatic carbocycles. The number of aromatic nitrogens is 2. The number of nitrogens with one attached hydrogen (secondary N) is 1. The maximum Gasteiger partial charge on any atom is 0.228 e. The van der Waals surface area contributed by atoms with E-state index in [2.05, 4.69) is 25.0 Å². The number of aliphatic hydroxyl groups excluding tert-OH is 1. The van der Waals surface area contributed by atoms with E-state index in [4.69, 9.17) is 19.6 Å². The van der Waals surface area contributed by atoms with Gasteiger partial charge in [-0.25, -0.2) is 4.98 Å². The second kappa shape index (κ2) is 10.3. The minimum absolute atomic E-state index is 0.0280. The Balaban J connectivity index is 1.62. The number of benzene rings is 1. The number of carbonyl (C=O) groups excluding carboxylic acids is 1. The third-order valence-electron chi connectivity index (χ3n) is 6.36. The second-order valence-electron chi connectivity index (χ2n) is 10.2. The number of carbonyl (C=O) groups is 1. The Hall–Kier alpha value is -2.68. The summed E-state index contributed by atoms with van der Waals surface area (Å²) in [6, 6.07) is 12.9. The monoisotopic (exact) mass is 481 g/mol. The second-order valence-corrected chi connectivity index (χ2v) is 15.9. The fraction of sp³-hybridized carbons (Fsp3) is 0.462. The van der Waals surface area contributed by atoms with Gasteiger partial charge in [-0.2, -0.15) is 0 Å². The van der Waals surface area contributed by atoms with Crippen LogP contribution in [0, 0.1) is 11.8 Å². The maximum atomic E-state index is 12.6. The number of methoxy groups -OCH3 is 1. The molecule has 4 rings (SSSR count). The van der Waals surface area contributed by atoms with Gasteiger partial charge >= 0.3 is 0 Å². The van der Waals surface area contributed by atoms with Gasteiger partial charge in [0, 0.05) is 49.9 Å². The van der Waals surface area contributed by atoms with Gasteiger partial charge in [0.15, 0.2) is 0 Å². The summed E-state index contributed by atoms with van der Waals surface area (Å²) in [7, 11) is 0.489. The smallest absolute Gasteiger partial charge is 0.228 e. The van der Waals surface area contributed by atoms with Gasteiger partial charge in [0.25, 0.3) is 0 Å². The molecule has 0 aliphatic heterocycles. The van der Waals surface area contributed by atoms with Gasteiger partial charge in [0.05, 0.1) is 7.11 Å². The molecule has 1 fully saturated rings. The summed E-state index contributed by atoms with van der Waals surface area (Å²) >= 11 is 0. The number of hydrogen-bond donors (Lipinski definition) is 2. The molecule has 34 heavy (non-hydrogen) atoms. The highest BCUT2D eigenvalue weighted by atomic mass is 28.3.